The maximum absolute atomic E-state index is 6.03. The SMILES string of the molecule is C=C1COC(OC)[C@@]12C[C@H]1CC3(C[C@H](C)[C@@]1(C)C2)OCCO3. The summed E-state index contributed by atoms with van der Waals surface area (Å²) in [6, 6.07) is 0. The lowest BCUT2D eigenvalue weighted by Crippen LogP contribution is -2.47. The number of hydrogen-bond donors (Lipinski definition) is 0. The molecule has 124 valence electrons. The number of fused-ring (bicyclic) bond motifs is 1. The molecule has 0 aromatic rings. The third kappa shape index (κ3) is 1.84. The average Bonchev–Trinajstić information content (AvgIpc) is 3.12. The summed E-state index contributed by atoms with van der Waals surface area (Å²) in [6.07, 6.45) is 4.05. The van der Waals surface area contributed by atoms with E-state index in [1.807, 2.05) is 0 Å². The molecule has 4 nitrogen and oxygen atoms in total. The molecule has 0 N–H and O–H groups in total. The van der Waals surface area contributed by atoms with Gasteiger partial charge in [0.25, 0.3) is 0 Å². The van der Waals surface area contributed by atoms with E-state index in [0.717, 1.165) is 38.9 Å². The fraction of sp³-hybridized carbons (Fsp3) is 0.889. The van der Waals surface area contributed by atoms with Crippen molar-refractivity contribution in [3.8, 4) is 0 Å². The molecular formula is C18H28O4. The van der Waals surface area contributed by atoms with E-state index in [0.29, 0.717) is 18.4 Å². The van der Waals surface area contributed by atoms with Crippen LogP contribution in [0.5, 0.6) is 0 Å². The van der Waals surface area contributed by atoms with E-state index >= 15 is 0 Å². The smallest absolute Gasteiger partial charge is 0.169 e. The first-order valence-corrected chi connectivity index (χ1v) is 8.55. The van der Waals surface area contributed by atoms with Gasteiger partial charge in [-0.2, -0.15) is 0 Å². The van der Waals surface area contributed by atoms with Crippen molar-refractivity contribution in [2.24, 2.45) is 22.7 Å². The Kier molecular flexibility index (Phi) is 3.29. The highest BCUT2D eigenvalue weighted by Gasteiger charge is 2.65. The van der Waals surface area contributed by atoms with Gasteiger partial charge in [-0.1, -0.05) is 20.4 Å². The van der Waals surface area contributed by atoms with E-state index in [1.54, 1.807) is 7.11 Å². The van der Waals surface area contributed by atoms with Gasteiger partial charge in [0.1, 0.15) is 0 Å². The Bertz CT molecular complexity index is 483. The molecule has 0 radical (unpaired) electrons. The zero-order valence-corrected chi connectivity index (χ0v) is 14.0. The Balaban J connectivity index is 1.67. The highest BCUT2D eigenvalue weighted by Crippen LogP contribution is 2.67. The monoisotopic (exact) mass is 308 g/mol. The predicted octanol–water partition coefficient (Wildman–Crippen LogP) is 3.12. The normalized spacial score (nSPS) is 50.1. The molecular weight excluding hydrogens is 280 g/mol. The van der Waals surface area contributed by atoms with Crippen LogP contribution in [0.15, 0.2) is 12.2 Å². The summed E-state index contributed by atoms with van der Waals surface area (Å²) in [6.45, 7) is 11.2. The summed E-state index contributed by atoms with van der Waals surface area (Å²) in [5.74, 6) is 0.804. The second-order valence-electron chi connectivity index (χ2n) is 8.14. The van der Waals surface area contributed by atoms with Crippen molar-refractivity contribution in [1.82, 2.24) is 0 Å². The minimum absolute atomic E-state index is 0.0213. The van der Waals surface area contributed by atoms with Crippen LogP contribution in [0.4, 0.5) is 0 Å². The molecule has 0 bridgehead atoms. The zero-order chi connectivity index (χ0) is 15.6. The van der Waals surface area contributed by atoms with Crippen molar-refractivity contribution >= 4 is 0 Å². The quantitative estimate of drug-likeness (QED) is 0.698. The van der Waals surface area contributed by atoms with Gasteiger partial charge in [-0.25, -0.2) is 0 Å². The molecule has 4 heteroatoms. The zero-order valence-electron chi connectivity index (χ0n) is 14.0. The Morgan fingerprint density at radius 2 is 1.91 bits per heavy atom. The second-order valence-corrected chi connectivity index (χ2v) is 8.14. The molecule has 2 spiro atoms. The van der Waals surface area contributed by atoms with Crippen LogP contribution in [0.25, 0.3) is 0 Å². The molecule has 2 aliphatic heterocycles. The van der Waals surface area contributed by atoms with Gasteiger partial charge in [-0.3, -0.25) is 0 Å². The van der Waals surface area contributed by atoms with Crippen molar-refractivity contribution in [3.05, 3.63) is 12.2 Å². The Labute approximate surface area is 133 Å². The molecule has 0 aromatic carbocycles. The maximum atomic E-state index is 6.03. The van der Waals surface area contributed by atoms with Crippen molar-refractivity contribution in [1.29, 1.82) is 0 Å². The molecule has 2 heterocycles. The van der Waals surface area contributed by atoms with E-state index in [1.165, 1.54) is 5.57 Å². The molecule has 2 saturated carbocycles. The highest BCUT2D eigenvalue weighted by atomic mass is 16.7. The van der Waals surface area contributed by atoms with Gasteiger partial charge in [0.15, 0.2) is 12.1 Å². The van der Waals surface area contributed by atoms with Gasteiger partial charge < -0.3 is 18.9 Å². The highest BCUT2D eigenvalue weighted by molar-refractivity contribution is 5.24. The van der Waals surface area contributed by atoms with E-state index < -0.39 is 0 Å². The van der Waals surface area contributed by atoms with Crippen molar-refractivity contribution in [2.45, 2.75) is 51.6 Å². The molecule has 0 aromatic heterocycles. The molecule has 0 amide bonds. The maximum Gasteiger partial charge on any atom is 0.169 e. The van der Waals surface area contributed by atoms with Gasteiger partial charge >= 0.3 is 0 Å². The molecule has 2 saturated heterocycles. The predicted molar refractivity (Wildman–Crippen MR) is 82.2 cm³/mol. The van der Waals surface area contributed by atoms with Crippen molar-refractivity contribution in [2.75, 3.05) is 26.9 Å². The van der Waals surface area contributed by atoms with Crippen LogP contribution in [-0.4, -0.2) is 39.0 Å². The van der Waals surface area contributed by atoms with E-state index in [-0.39, 0.29) is 22.9 Å². The van der Waals surface area contributed by atoms with Gasteiger partial charge in [0.05, 0.1) is 19.8 Å². The summed E-state index contributed by atoms with van der Waals surface area (Å²) in [5, 5.41) is 0. The lowest BCUT2D eigenvalue weighted by atomic mass is 9.61. The minimum Gasteiger partial charge on any atom is -0.355 e. The van der Waals surface area contributed by atoms with Crippen molar-refractivity contribution in [3.63, 3.8) is 0 Å². The lowest BCUT2D eigenvalue weighted by Gasteiger charge is -2.48. The fourth-order valence-electron chi connectivity index (χ4n) is 5.73. The molecule has 4 fully saturated rings. The molecule has 22 heavy (non-hydrogen) atoms. The van der Waals surface area contributed by atoms with Gasteiger partial charge in [-0.15, -0.1) is 0 Å². The van der Waals surface area contributed by atoms with Crippen LogP contribution >= 0.6 is 0 Å². The number of rotatable bonds is 1. The Morgan fingerprint density at radius 1 is 1.18 bits per heavy atom. The van der Waals surface area contributed by atoms with Gasteiger partial charge in [0, 0.05) is 25.4 Å². The number of methoxy groups -OCH3 is 1. The molecule has 1 unspecified atom stereocenters. The molecule has 5 atom stereocenters. The van der Waals surface area contributed by atoms with Crippen LogP contribution in [0.2, 0.25) is 0 Å². The topological polar surface area (TPSA) is 36.9 Å². The van der Waals surface area contributed by atoms with Crippen LogP contribution in [0.3, 0.4) is 0 Å². The van der Waals surface area contributed by atoms with Crippen LogP contribution in [-0.2, 0) is 18.9 Å². The van der Waals surface area contributed by atoms with Crippen LogP contribution in [0, 0.1) is 22.7 Å². The summed E-state index contributed by atoms with van der Waals surface area (Å²) in [4.78, 5) is 0. The van der Waals surface area contributed by atoms with E-state index in [9.17, 15) is 0 Å². The average molecular weight is 308 g/mol. The first-order valence-electron chi connectivity index (χ1n) is 8.55. The lowest BCUT2D eigenvalue weighted by molar-refractivity contribution is -0.216. The molecule has 2 aliphatic carbocycles. The molecule has 4 rings (SSSR count). The van der Waals surface area contributed by atoms with Crippen LogP contribution < -0.4 is 0 Å². The summed E-state index contributed by atoms with van der Waals surface area (Å²) in [5.41, 5.74) is 1.48. The largest absolute Gasteiger partial charge is 0.355 e. The second kappa shape index (κ2) is 4.79. The molecule has 4 aliphatic rings. The first kappa shape index (κ1) is 15.1. The summed E-state index contributed by atoms with van der Waals surface area (Å²) < 4.78 is 23.6. The number of hydrogen-bond acceptors (Lipinski definition) is 4. The first-order chi connectivity index (χ1) is 10.4. The summed E-state index contributed by atoms with van der Waals surface area (Å²) in [7, 11) is 1.75. The third-order valence-electron chi connectivity index (χ3n) is 7.13. The van der Waals surface area contributed by atoms with E-state index in [4.69, 9.17) is 18.9 Å². The Morgan fingerprint density at radius 3 is 2.59 bits per heavy atom. The minimum atomic E-state index is -0.335. The summed E-state index contributed by atoms with van der Waals surface area (Å²) >= 11 is 0. The third-order valence-corrected chi connectivity index (χ3v) is 7.13. The van der Waals surface area contributed by atoms with Crippen LogP contribution in [0.1, 0.15) is 39.5 Å². The fourth-order valence-corrected chi connectivity index (χ4v) is 5.73. The van der Waals surface area contributed by atoms with Crippen molar-refractivity contribution < 1.29 is 18.9 Å². The number of ether oxygens (including phenoxy) is 4. The van der Waals surface area contributed by atoms with E-state index in [2.05, 4.69) is 20.4 Å². The standard InChI is InChI=1S/C18H28O4/c1-12-7-18(21-5-6-22-18)9-14-8-17(11-16(12,14)3)13(2)10-20-15(17)19-4/h12,14-15H,2,5-11H2,1,3-4H3/t12-,14-,15?,16+,17+/m0/s1. The van der Waals surface area contributed by atoms with Gasteiger partial charge in [-0.05, 0) is 35.7 Å². The Hall–Kier alpha value is -0.420. The van der Waals surface area contributed by atoms with Gasteiger partial charge in [0.2, 0.25) is 0 Å².